The van der Waals surface area contributed by atoms with Crippen LogP contribution in [0.5, 0.6) is 0 Å². The van der Waals surface area contributed by atoms with Gasteiger partial charge in [-0.3, -0.25) is 4.90 Å². The average molecular weight is 262 g/mol. The molecule has 2 unspecified atom stereocenters. The third-order valence-electron chi connectivity index (χ3n) is 4.58. The first kappa shape index (κ1) is 13.2. The molecule has 1 saturated carbocycles. The summed E-state index contributed by atoms with van der Waals surface area (Å²) in [5, 5.41) is 3.39. The van der Waals surface area contributed by atoms with Crippen molar-refractivity contribution in [3.63, 3.8) is 0 Å². The molecule has 2 aliphatic rings. The Morgan fingerprint density at radius 2 is 1.89 bits per heavy atom. The molecule has 2 heterocycles. The molecule has 1 aliphatic heterocycles. The zero-order valence-corrected chi connectivity index (χ0v) is 12.2. The fourth-order valence-electron chi connectivity index (χ4n) is 3.59. The van der Waals surface area contributed by atoms with Crippen molar-refractivity contribution in [1.82, 2.24) is 10.2 Å². The summed E-state index contributed by atoms with van der Waals surface area (Å²) in [5.74, 6) is 4.12. The summed E-state index contributed by atoms with van der Waals surface area (Å²) in [4.78, 5) is 2.58. The first-order chi connectivity index (χ1) is 9.20. The number of fused-ring (bicyclic) bond motifs is 1. The molecule has 1 saturated heterocycles. The molecule has 1 aliphatic carbocycles. The number of rotatable bonds is 5. The predicted molar refractivity (Wildman–Crippen MR) is 76.8 cm³/mol. The minimum atomic E-state index is 0.506. The molecule has 3 heteroatoms. The van der Waals surface area contributed by atoms with E-state index in [9.17, 15) is 0 Å². The highest BCUT2D eigenvalue weighted by Crippen LogP contribution is 2.38. The summed E-state index contributed by atoms with van der Waals surface area (Å²) in [6.07, 6.45) is 4.35. The summed E-state index contributed by atoms with van der Waals surface area (Å²) in [7, 11) is 0. The molecule has 106 valence electrons. The molecule has 0 spiro atoms. The van der Waals surface area contributed by atoms with E-state index >= 15 is 0 Å². The summed E-state index contributed by atoms with van der Waals surface area (Å²) in [5.41, 5.74) is 0. The Bertz CT molecular complexity index is 401. The molecular formula is C16H26N2O. The van der Waals surface area contributed by atoms with Gasteiger partial charge in [-0.05, 0) is 36.8 Å². The summed E-state index contributed by atoms with van der Waals surface area (Å²) >= 11 is 0. The minimum absolute atomic E-state index is 0.506. The number of hydrogen-bond donors (Lipinski definition) is 1. The van der Waals surface area contributed by atoms with Crippen LogP contribution in [0.25, 0.3) is 0 Å². The largest absolute Gasteiger partial charge is 0.463 e. The van der Waals surface area contributed by atoms with Crippen LogP contribution < -0.4 is 5.32 Å². The summed E-state index contributed by atoms with van der Waals surface area (Å²) < 4.78 is 5.91. The first-order valence-corrected chi connectivity index (χ1v) is 7.74. The highest BCUT2D eigenvalue weighted by Gasteiger charge is 2.35. The molecule has 0 radical (unpaired) electrons. The zero-order valence-electron chi connectivity index (χ0n) is 12.2. The van der Waals surface area contributed by atoms with Gasteiger partial charge in [-0.25, -0.2) is 0 Å². The Kier molecular flexibility index (Phi) is 3.94. The van der Waals surface area contributed by atoms with Crippen molar-refractivity contribution < 1.29 is 4.42 Å². The maximum atomic E-state index is 5.91. The predicted octanol–water partition coefficient (Wildman–Crippen LogP) is 3.01. The lowest BCUT2D eigenvalue weighted by molar-refractivity contribution is 0.271. The lowest BCUT2D eigenvalue weighted by atomic mass is 10.0. The minimum Gasteiger partial charge on any atom is -0.463 e. The number of furan rings is 1. The van der Waals surface area contributed by atoms with Crippen LogP contribution >= 0.6 is 0 Å². The van der Waals surface area contributed by atoms with Crippen molar-refractivity contribution in [1.29, 1.82) is 0 Å². The molecule has 19 heavy (non-hydrogen) atoms. The SMILES string of the molecule is CC(C)NCc1ccc(CN2CC3CCCC3C2)o1. The van der Waals surface area contributed by atoms with Gasteiger partial charge in [0.15, 0.2) is 0 Å². The van der Waals surface area contributed by atoms with Crippen LogP contribution in [0, 0.1) is 11.8 Å². The monoisotopic (exact) mass is 262 g/mol. The Labute approximate surface area is 116 Å². The second-order valence-electron chi connectivity index (χ2n) is 6.55. The van der Waals surface area contributed by atoms with Crippen molar-refractivity contribution in [2.45, 2.75) is 52.2 Å². The van der Waals surface area contributed by atoms with Crippen molar-refractivity contribution in [3.8, 4) is 0 Å². The summed E-state index contributed by atoms with van der Waals surface area (Å²) in [6, 6.07) is 4.76. The van der Waals surface area contributed by atoms with Crippen LogP contribution in [0.3, 0.4) is 0 Å². The van der Waals surface area contributed by atoms with E-state index < -0.39 is 0 Å². The van der Waals surface area contributed by atoms with Crippen LogP contribution in [0.1, 0.15) is 44.6 Å². The van der Waals surface area contributed by atoms with E-state index in [2.05, 4.69) is 36.2 Å². The Balaban J connectivity index is 1.50. The lowest BCUT2D eigenvalue weighted by Crippen LogP contribution is -2.21. The van der Waals surface area contributed by atoms with E-state index in [1.54, 1.807) is 0 Å². The Morgan fingerprint density at radius 1 is 1.21 bits per heavy atom. The molecule has 2 fully saturated rings. The van der Waals surface area contributed by atoms with E-state index in [4.69, 9.17) is 4.42 Å². The molecule has 1 aromatic rings. The fourth-order valence-corrected chi connectivity index (χ4v) is 3.59. The van der Waals surface area contributed by atoms with Crippen LogP contribution in [-0.4, -0.2) is 24.0 Å². The molecule has 0 bridgehead atoms. The fraction of sp³-hybridized carbons (Fsp3) is 0.750. The van der Waals surface area contributed by atoms with Crippen LogP contribution in [0.4, 0.5) is 0 Å². The van der Waals surface area contributed by atoms with Crippen molar-refractivity contribution in [2.24, 2.45) is 11.8 Å². The molecular weight excluding hydrogens is 236 g/mol. The number of nitrogens with one attached hydrogen (secondary N) is 1. The second kappa shape index (κ2) is 5.68. The molecule has 3 rings (SSSR count). The first-order valence-electron chi connectivity index (χ1n) is 7.74. The smallest absolute Gasteiger partial charge is 0.118 e. The molecule has 0 aromatic carbocycles. The molecule has 0 amide bonds. The lowest BCUT2D eigenvalue weighted by Gasteiger charge is -2.14. The highest BCUT2D eigenvalue weighted by atomic mass is 16.3. The van der Waals surface area contributed by atoms with Crippen molar-refractivity contribution in [2.75, 3.05) is 13.1 Å². The topological polar surface area (TPSA) is 28.4 Å². The van der Waals surface area contributed by atoms with E-state index in [0.717, 1.165) is 36.4 Å². The van der Waals surface area contributed by atoms with Gasteiger partial charge in [-0.15, -0.1) is 0 Å². The average Bonchev–Trinajstić information content (AvgIpc) is 3.02. The third kappa shape index (κ3) is 3.21. The van der Waals surface area contributed by atoms with Crippen molar-refractivity contribution >= 4 is 0 Å². The maximum Gasteiger partial charge on any atom is 0.118 e. The van der Waals surface area contributed by atoms with Crippen LogP contribution in [-0.2, 0) is 13.1 Å². The normalized spacial score (nSPS) is 27.3. The second-order valence-corrected chi connectivity index (χ2v) is 6.55. The van der Waals surface area contributed by atoms with Gasteiger partial charge >= 0.3 is 0 Å². The number of likely N-dealkylation sites (tertiary alicyclic amines) is 1. The van der Waals surface area contributed by atoms with E-state index in [0.29, 0.717) is 6.04 Å². The van der Waals surface area contributed by atoms with Gasteiger partial charge in [0, 0.05) is 19.1 Å². The van der Waals surface area contributed by atoms with Gasteiger partial charge in [0.05, 0.1) is 13.1 Å². The molecule has 2 atom stereocenters. The highest BCUT2D eigenvalue weighted by molar-refractivity contribution is 5.07. The third-order valence-corrected chi connectivity index (χ3v) is 4.58. The molecule has 1 aromatic heterocycles. The van der Waals surface area contributed by atoms with Crippen molar-refractivity contribution in [3.05, 3.63) is 23.7 Å². The van der Waals surface area contributed by atoms with E-state index in [-0.39, 0.29) is 0 Å². The van der Waals surface area contributed by atoms with Gasteiger partial charge in [-0.2, -0.15) is 0 Å². The summed E-state index contributed by atoms with van der Waals surface area (Å²) in [6.45, 7) is 8.72. The maximum absolute atomic E-state index is 5.91. The van der Waals surface area contributed by atoms with Crippen LogP contribution in [0.2, 0.25) is 0 Å². The van der Waals surface area contributed by atoms with Gasteiger partial charge in [-0.1, -0.05) is 20.3 Å². The molecule has 1 N–H and O–H groups in total. The van der Waals surface area contributed by atoms with Gasteiger partial charge < -0.3 is 9.73 Å². The number of nitrogens with zero attached hydrogens (tertiary/aromatic N) is 1. The molecule has 3 nitrogen and oxygen atoms in total. The van der Waals surface area contributed by atoms with Gasteiger partial charge in [0.2, 0.25) is 0 Å². The Hall–Kier alpha value is -0.800. The van der Waals surface area contributed by atoms with E-state index in [1.807, 2.05) is 0 Å². The van der Waals surface area contributed by atoms with Crippen LogP contribution in [0.15, 0.2) is 16.5 Å². The van der Waals surface area contributed by atoms with E-state index in [1.165, 1.54) is 32.4 Å². The van der Waals surface area contributed by atoms with Gasteiger partial charge in [0.1, 0.15) is 11.5 Å². The number of hydrogen-bond acceptors (Lipinski definition) is 3. The quantitative estimate of drug-likeness (QED) is 0.884. The Morgan fingerprint density at radius 3 is 2.58 bits per heavy atom. The standard InChI is InChI=1S/C16H26N2O/c1-12(2)17-8-15-6-7-16(19-15)11-18-9-13-4-3-5-14(13)10-18/h6-7,12-14,17H,3-5,8-11H2,1-2H3. The zero-order chi connectivity index (χ0) is 13.2. The van der Waals surface area contributed by atoms with Gasteiger partial charge in [0.25, 0.3) is 0 Å².